The molecule has 2 heterocycles. The molecule has 0 radical (unpaired) electrons. The minimum Gasteiger partial charge on any atom is -0.461 e. The van der Waals surface area contributed by atoms with Crippen molar-refractivity contribution >= 4 is 17.7 Å². The Morgan fingerprint density at radius 3 is 2.48 bits per heavy atom. The van der Waals surface area contributed by atoms with E-state index < -0.39 is 34.9 Å². The summed E-state index contributed by atoms with van der Waals surface area (Å²) < 4.78 is 23.9. The van der Waals surface area contributed by atoms with E-state index in [2.05, 4.69) is 13.8 Å². The van der Waals surface area contributed by atoms with Gasteiger partial charge in [0.2, 0.25) is 0 Å². The van der Waals surface area contributed by atoms with E-state index in [1.807, 2.05) is 20.8 Å². The topological polar surface area (TPSA) is 108 Å². The summed E-state index contributed by atoms with van der Waals surface area (Å²) in [5.74, 6) is -0.00156. The third-order valence-electron chi connectivity index (χ3n) is 12.3. The van der Waals surface area contributed by atoms with Crippen LogP contribution >= 0.6 is 0 Å². The first kappa shape index (κ1) is 30.0. The van der Waals surface area contributed by atoms with Gasteiger partial charge >= 0.3 is 11.9 Å². The van der Waals surface area contributed by atoms with Gasteiger partial charge in [-0.05, 0) is 126 Å². The standard InChI is InChI=1S/C34H48O8/c1-19-26(35)9-10-29(40-19)41-22-11-13-32(5)21(16-22)7-8-24-25(32)17-27(42-30(37)31(2,3)4)33(6)23(12-14-34(24,33)38)20-15-28(36)39-18-20/h9-10,15,19,21-25,27,29,38H,7-8,11-14,16-18H2,1-6H3/t19-,21+,22-,23+,24+,25-,27+,29-,32-,33-,34-/m0/s1. The van der Waals surface area contributed by atoms with Gasteiger partial charge in [-0.1, -0.05) is 13.8 Å². The summed E-state index contributed by atoms with van der Waals surface area (Å²) in [7, 11) is 0. The maximum atomic E-state index is 13.4. The number of carbonyl (C=O) groups excluding carboxylic acids is 3. The van der Waals surface area contributed by atoms with Crippen molar-refractivity contribution < 1.29 is 38.4 Å². The van der Waals surface area contributed by atoms with Crippen LogP contribution in [0.25, 0.3) is 0 Å². The number of ether oxygens (including phenoxy) is 4. The molecule has 0 unspecified atom stereocenters. The lowest BCUT2D eigenvalue weighted by Crippen LogP contribution is -2.67. The third kappa shape index (κ3) is 4.62. The Morgan fingerprint density at radius 2 is 1.81 bits per heavy atom. The lowest BCUT2D eigenvalue weighted by molar-refractivity contribution is -0.257. The lowest BCUT2D eigenvalue weighted by Gasteiger charge is -2.65. The van der Waals surface area contributed by atoms with Crippen LogP contribution in [0.4, 0.5) is 0 Å². The number of esters is 2. The van der Waals surface area contributed by atoms with Crippen molar-refractivity contribution in [2.45, 2.75) is 123 Å². The first-order valence-electron chi connectivity index (χ1n) is 16.0. The number of hydrogen-bond acceptors (Lipinski definition) is 8. The van der Waals surface area contributed by atoms with E-state index in [4.69, 9.17) is 18.9 Å². The summed E-state index contributed by atoms with van der Waals surface area (Å²) in [6.45, 7) is 12.1. The van der Waals surface area contributed by atoms with Crippen LogP contribution in [0.1, 0.15) is 92.9 Å². The fourth-order valence-corrected chi connectivity index (χ4v) is 9.81. The Balaban J connectivity index is 1.28. The van der Waals surface area contributed by atoms with Crippen LogP contribution < -0.4 is 0 Å². The molecule has 0 aromatic carbocycles. The Bertz CT molecular complexity index is 1200. The second-order valence-electron chi connectivity index (χ2n) is 15.4. The Kier molecular flexibility index (Phi) is 7.34. The molecule has 0 aromatic rings. The molecule has 42 heavy (non-hydrogen) atoms. The van der Waals surface area contributed by atoms with Crippen molar-refractivity contribution in [3.05, 3.63) is 23.8 Å². The molecule has 1 N–H and O–H groups in total. The van der Waals surface area contributed by atoms with Gasteiger partial charge in [-0.15, -0.1) is 0 Å². The zero-order valence-corrected chi connectivity index (χ0v) is 26.0. The van der Waals surface area contributed by atoms with Gasteiger partial charge in [0.05, 0.1) is 17.1 Å². The number of cyclic esters (lactones) is 1. The molecule has 0 spiro atoms. The molecule has 0 saturated heterocycles. The Hall–Kier alpha value is -2.03. The van der Waals surface area contributed by atoms with E-state index in [0.717, 1.165) is 44.1 Å². The normalized spacial score (nSPS) is 46.8. The average Bonchev–Trinajstić information content (AvgIpc) is 3.47. The second kappa shape index (κ2) is 10.3. The summed E-state index contributed by atoms with van der Waals surface area (Å²) in [5, 5.41) is 12.8. The summed E-state index contributed by atoms with van der Waals surface area (Å²) in [4.78, 5) is 37.3. The van der Waals surface area contributed by atoms with Crippen LogP contribution in [0.15, 0.2) is 23.8 Å². The van der Waals surface area contributed by atoms with Gasteiger partial charge in [-0.3, -0.25) is 9.59 Å². The van der Waals surface area contributed by atoms with Gasteiger partial charge in [0, 0.05) is 11.5 Å². The molecule has 0 aromatic heterocycles. The molecular weight excluding hydrogens is 536 g/mol. The molecule has 232 valence electrons. The maximum Gasteiger partial charge on any atom is 0.331 e. The minimum absolute atomic E-state index is 0.0253. The van der Waals surface area contributed by atoms with Crippen molar-refractivity contribution in [3.63, 3.8) is 0 Å². The third-order valence-corrected chi connectivity index (χ3v) is 12.3. The molecule has 8 heteroatoms. The summed E-state index contributed by atoms with van der Waals surface area (Å²) >= 11 is 0. The Labute approximate surface area is 249 Å². The number of aliphatic hydroxyl groups is 1. The number of fused-ring (bicyclic) bond motifs is 5. The fourth-order valence-electron chi connectivity index (χ4n) is 9.81. The Morgan fingerprint density at radius 1 is 1.05 bits per heavy atom. The van der Waals surface area contributed by atoms with E-state index in [-0.39, 0.29) is 53.6 Å². The van der Waals surface area contributed by atoms with Crippen molar-refractivity contribution in [1.82, 2.24) is 0 Å². The molecular formula is C34H48O8. The highest BCUT2D eigenvalue weighted by molar-refractivity contribution is 5.93. The fraction of sp³-hybridized carbons (Fsp3) is 0.794. The highest BCUT2D eigenvalue weighted by Crippen LogP contribution is 2.70. The van der Waals surface area contributed by atoms with Crippen LogP contribution in [0, 0.1) is 39.9 Å². The zero-order chi connectivity index (χ0) is 30.2. The average molecular weight is 585 g/mol. The second-order valence-corrected chi connectivity index (χ2v) is 15.4. The maximum absolute atomic E-state index is 13.4. The first-order valence-corrected chi connectivity index (χ1v) is 16.0. The number of hydrogen-bond donors (Lipinski definition) is 1. The largest absolute Gasteiger partial charge is 0.461 e. The van der Waals surface area contributed by atoms with Crippen LogP contribution in [0.2, 0.25) is 0 Å². The van der Waals surface area contributed by atoms with E-state index in [1.54, 1.807) is 25.2 Å². The SMILES string of the molecule is C[C@@H]1O[C@@H](O[C@H]2CC[C@@]3(C)[C@H](CC[C@@H]4[C@@H]3C[C@@H](OC(=O)C(C)(C)C)[C@]3(C)[C@@H](C5=CC(=O)OC5)CC[C@]43O)C2)C=CC1=O. The highest BCUT2D eigenvalue weighted by Gasteiger charge is 2.72. The highest BCUT2D eigenvalue weighted by atomic mass is 16.7. The van der Waals surface area contributed by atoms with Crippen LogP contribution in [-0.4, -0.2) is 59.6 Å². The molecule has 0 bridgehead atoms. The predicted octanol–water partition coefficient (Wildman–Crippen LogP) is 5.07. The zero-order valence-electron chi connectivity index (χ0n) is 26.0. The summed E-state index contributed by atoms with van der Waals surface area (Å²) in [5.41, 5.74) is -1.50. The van der Waals surface area contributed by atoms with Crippen LogP contribution in [0.3, 0.4) is 0 Å². The molecule has 6 aliphatic rings. The molecule has 4 aliphatic carbocycles. The predicted molar refractivity (Wildman–Crippen MR) is 154 cm³/mol. The summed E-state index contributed by atoms with van der Waals surface area (Å²) in [6, 6.07) is 0. The van der Waals surface area contributed by atoms with Gasteiger partial charge < -0.3 is 24.1 Å². The van der Waals surface area contributed by atoms with Gasteiger partial charge in [0.15, 0.2) is 12.1 Å². The molecule has 4 fully saturated rings. The van der Waals surface area contributed by atoms with Crippen LogP contribution in [-0.2, 0) is 33.3 Å². The summed E-state index contributed by atoms with van der Waals surface area (Å²) in [6.07, 6.45) is 10.2. The monoisotopic (exact) mass is 584 g/mol. The number of ketones is 1. The van der Waals surface area contributed by atoms with E-state index >= 15 is 0 Å². The van der Waals surface area contributed by atoms with Gasteiger partial charge in [0.25, 0.3) is 0 Å². The van der Waals surface area contributed by atoms with Crippen molar-refractivity contribution in [3.8, 4) is 0 Å². The number of carbonyl (C=O) groups is 3. The molecule has 4 saturated carbocycles. The van der Waals surface area contributed by atoms with E-state index in [0.29, 0.717) is 18.8 Å². The molecule has 6 rings (SSSR count). The van der Waals surface area contributed by atoms with Gasteiger partial charge in [0.1, 0.15) is 18.8 Å². The van der Waals surface area contributed by atoms with E-state index in [9.17, 15) is 19.5 Å². The first-order chi connectivity index (χ1) is 19.7. The molecule has 2 aliphatic heterocycles. The minimum atomic E-state index is -1.01. The molecule has 11 atom stereocenters. The van der Waals surface area contributed by atoms with Crippen molar-refractivity contribution in [2.75, 3.05) is 6.61 Å². The molecule has 0 amide bonds. The smallest absolute Gasteiger partial charge is 0.331 e. The lowest BCUT2D eigenvalue weighted by atomic mass is 9.42. The number of rotatable bonds is 4. The van der Waals surface area contributed by atoms with E-state index in [1.165, 1.54) is 0 Å². The van der Waals surface area contributed by atoms with Gasteiger partial charge in [-0.25, -0.2) is 4.79 Å². The van der Waals surface area contributed by atoms with Crippen LogP contribution in [0.5, 0.6) is 0 Å². The van der Waals surface area contributed by atoms with Crippen molar-refractivity contribution in [2.24, 2.45) is 39.9 Å². The molecule has 8 nitrogen and oxygen atoms in total. The van der Waals surface area contributed by atoms with Crippen molar-refractivity contribution in [1.29, 1.82) is 0 Å². The van der Waals surface area contributed by atoms with Gasteiger partial charge in [-0.2, -0.15) is 0 Å². The quantitative estimate of drug-likeness (QED) is 0.457.